The first-order chi connectivity index (χ1) is 10.3. The van der Waals surface area contributed by atoms with Gasteiger partial charge >= 0.3 is 18.0 Å². The van der Waals surface area contributed by atoms with E-state index in [0.29, 0.717) is 0 Å². The molecule has 0 aromatic rings. The van der Waals surface area contributed by atoms with E-state index in [-0.39, 0.29) is 12.0 Å². The number of nitrogens with one attached hydrogen (secondary N) is 2. The highest BCUT2D eigenvalue weighted by Gasteiger charge is 2.34. The van der Waals surface area contributed by atoms with Crippen molar-refractivity contribution in [1.29, 1.82) is 0 Å². The van der Waals surface area contributed by atoms with Gasteiger partial charge in [0.1, 0.15) is 0 Å². The molecule has 1 atom stereocenters. The van der Waals surface area contributed by atoms with Crippen molar-refractivity contribution in [3.63, 3.8) is 0 Å². The van der Waals surface area contributed by atoms with Gasteiger partial charge in [0.05, 0.1) is 5.41 Å². The van der Waals surface area contributed by atoms with Crippen molar-refractivity contribution < 1.29 is 24.6 Å². The molecule has 124 valence electrons. The maximum absolute atomic E-state index is 10.8. The van der Waals surface area contributed by atoms with Crippen LogP contribution in [-0.4, -0.2) is 28.2 Å². The van der Waals surface area contributed by atoms with Gasteiger partial charge < -0.3 is 10.2 Å². The molecule has 0 saturated heterocycles. The number of carboxylic acids is 2. The highest BCUT2D eigenvalue weighted by molar-refractivity contribution is 5.90. The zero-order valence-corrected chi connectivity index (χ0v) is 12.3. The fourth-order valence-electron chi connectivity index (χ4n) is 1.23. The minimum Gasteiger partial charge on any atom is -0.481 e. The van der Waals surface area contributed by atoms with E-state index >= 15 is 0 Å². The van der Waals surface area contributed by atoms with E-state index in [9.17, 15) is 14.4 Å². The molecule has 0 bridgehead atoms. The number of urea groups is 1. The van der Waals surface area contributed by atoms with Gasteiger partial charge in [-0.3, -0.25) is 15.6 Å². The predicted octanol–water partition coefficient (Wildman–Crippen LogP) is 0.252. The first-order valence-corrected chi connectivity index (χ1v) is 6.59. The third kappa shape index (κ3) is 8.02. The molecule has 9 nitrogen and oxygen atoms in total. The van der Waals surface area contributed by atoms with Crippen LogP contribution < -0.4 is 22.5 Å². The number of amides is 2. The maximum atomic E-state index is 10.8. The average molecular weight is 314 g/mol. The molecule has 0 heterocycles. The standard InChI is InChI=1S/C9H10O4.C3H6.CH6N4O/c1-9(8(12)13)4-2-3-6(5-9)7(10)11;1-2-3-1;2-4-1(6)5-3/h2-4H,5H2,1H3,(H,10,11)(H,12,13);1-3H2;2-3H2,(H2,4,5,6). The summed E-state index contributed by atoms with van der Waals surface area (Å²) in [6.45, 7) is 1.50. The minimum absolute atomic E-state index is 0.0359. The quantitative estimate of drug-likeness (QED) is 0.241. The number of carboxylic acid groups (broad SMARTS) is 2. The van der Waals surface area contributed by atoms with Crippen LogP contribution in [0.2, 0.25) is 0 Å². The van der Waals surface area contributed by atoms with Crippen molar-refractivity contribution in [3.05, 3.63) is 23.8 Å². The molecule has 2 aliphatic carbocycles. The fraction of sp³-hybridized carbons (Fsp3) is 0.462. The number of aliphatic carboxylic acids is 2. The highest BCUT2D eigenvalue weighted by Crippen LogP contribution is 2.31. The third-order valence-electron chi connectivity index (χ3n) is 2.70. The Balaban J connectivity index is 0.000000402. The first kappa shape index (κ1) is 19.6. The molecule has 1 saturated carbocycles. The summed E-state index contributed by atoms with van der Waals surface area (Å²) in [5, 5.41) is 17.5. The smallest absolute Gasteiger partial charge is 0.343 e. The van der Waals surface area contributed by atoms with E-state index in [1.165, 1.54) is 44.4 Å². The summed E-state index contributed by atoms with van der Waals surface area (Å²) in [6.07, 6.45) is 8.93. The molecule has 22 heavy (non-hydrogen) atoms. The van der Waals surface area contributed by atoms with Crippen molar-refractivity contribution in [2.75, 3.05) is 0 Å². The third-order valence-corrected chi connectivity index (χ3v) is 2.70. The number of nitrogens with two attached hydrogens (primary N) is 2. The molecule has 1 unspecified atom stereocenters. The SMILES string of the molecule is C1CC1.CC1(C(=O)O)C=CC=C(C(=O)O)C1.NNC(=O)NN. The molecule has 0 aromatic heterocycles. The first-order valence-electron chi connectivity index (χ1n) is 6.59. The minimum atomic E-state index is -1.08. The summed E-state index contributed by atoms with van der Waals surface area (Å²) in [5.74, 6) is 7.02. The predicted molar refractivity (Wildman–Crippen MR) is 79.1 cm³/mol. The van der Waals surface area contributed by atoms with Gasteiger partial charge in [-0.25, -0.2) is 21.3 Å². The summed E-state index contributed by atoms with van der Waals surface area (Å²) in [6, 6.07) is -0.602. The highest BCUT2D eigenvalue weighted by atomic mass is 16.4. The molecule has 0 spiro atoms. The fourth-order valence-corrected chi connectivity index (χ4v) is 1.23. The van der Waals surface area contributed by atoms with Crippen LogP contribution in [0.1, 0.15) is 32.6 Å². The summed E-state index contributed by atoms with van der Waals surface area (Å²) in [7, 11) is 0. The topological polar surface area (TPSA) is 168 Å². The van der Waals surface area contributed by atoms with E-state index in [1.807, 2.05) is 0 Å². The Kier molecular flexibility index (Phi) is 8.49. The lowest BCUT2D eigenvalue weighted by molar-refractivity contribution is -0.145. The van der Waals surface area contributed by atoms with Crippen molar-refractivity contribution >= 4 is 18.0 Å². The Morgan fingerprint density at radius 1 is 1.14 bits per heavy atom. The van der Waals surface area contributed by atoms with Gasteiger partial charge in [-0.1, -0.05) is 37.5 Å². The number of hydrogen-bond acceptors (Lipinski definition) is 5. The van der Waals surface area contributed by atoms with Crippen LogP contribution in [0.3, 0.4) is 0 Å². The molecular weight excluding hydrogens is 292 g/mol. The lowest BCUT2D eigenvalue weighted by Gasteiger charge is -2.23. The Morgan fingerprint density at radius 2 is 1.64 bits per heavy atom. The van der Waals surface area contributed by atoms with Crippen molar-refractivity contribution in [2.24, 2.45) is 17.1 Å². The van der Waals surface area contributed by atoms with E-state index < -0.39 is 23.4 Å². The van der Waals surface area contributed by atoms with Crippen molar-refractivity contribution in [1.82, 2.24) is 10.9 Å². The van der Waals surface area contributed by atoms with Crippen LogP contribution in [0.25, 0.3) is 0 Å². The van der Waals surface area contributed by atoms with Crippen LogP contribution in [0, 0.1) is 5.41 Å². The molecule has 8 N–H and O–H groups in total. The second-order valence-electron chi connectivity index (χ2n) is 4.93. The molecule has 2 amide bonds. The number of rotatable bonds is 2. The van der Waals surface area contributed by atoms with Gasteiger partial charge in [0.15, 0.2) is 0 Å². The molecule has 2 rings (SSSR count). The summed E-state index contributed by atoms with van der Waals surface area (Å²) in [4.78, 5) is 31.1. The van der Waals surface area contributed by atoms with Gasteiger partial charge in [0.2, 0.25) is 0 Å². The molecule has 9 heteroatoms. The zero-order valence-electron chi connectivity index (χ0n) is 12.3. The molecule has 0 aromatic carbocycles. The molecule has 1 fully saturated rings. The van der Waals surface area contributed by atoms with Gasteiger partial charge in [-0.05, 0) is 13.3 Å². The largest absolute Gasteiger partial charge is 0.481 e. The number of carbonyl (C=O) groups is 3. The molecule has 2 aliphatic rings. The molecule has 0 aliphatic heterocycles. The van der Waals surface area contributed by atoms with E-state index in [4.69, 9.17) is 10.2 Å². The Hall–Kier alpha value is -2.39. The van der Waals surface area contributed by atoms with Crippen LogP contribution in [-0.2, 0) is 9.59 Å². The van der Waals surface area contributed by atoms with Crippen LogP contribution in [0.5, 0.6) is 0 Å². The molecular formula is C13H22N4O5. The van der Waals surface area contributed by atoms with Gasteiger partial charge in [0, 0.05) is 5.57 Å². The van der Waals surface area contributed by atoms with E-state index in [0.717, 1.165) is 0 Å². The average Bonchev–Trinajstić information content (AvgIpc) is 3.35. The normalized spacial score (nSPS) is 21.0. The lowest BCUT2D eigenvalue weighted by atomic mass is 9.80. The van der Waals surface area contributed by atoms with Gasteiger partial charge in [-0.15, -0.1) is 0 Å². The van der Waals surface area contributed by atoms with Crippen LogP contribution >= 0.6 is 0 Å². The van der Waals surface area contributed by atoms with Crippen LogP contribution in [0.15, 0.2) is 23.8 Å². The Bertz CT molecular complexity index is 464. The zero-order chi connectivity index (χ0) is 17.2. The lowest BCUT2D eigenvalue weighted by Crippen LogP contribution is -2.43. The van der Waals surface area contributed by atoms with Gasteiger partial charge in [0.25, 0.3) is 0 Å². The number of hydrazine groups is 2. The van der Waals surface area contributed by atoms with E-state index in [1.54, 1.807) is 10.9 Å². The number of allylic oxidation sites excluding steroid dienone is 2. The van der Waals surface area contributed by atoms with Gasteiger partial charge in [-0.2, -0.15) is 0 Å². The Morgan fingerprint density at radius 3 is 1.91 bits per heavy atom. The van der Waals surface area contributed by atoms with Crippen molar-refractivity contribution in [2.45, 2.75) is 32.6 Å². The van der Waals surface area contributed by atoms with E-state index in [2.05, 4.69) is 11.7 Å². The Labute approximate surface area is 128 Å². The second-order valence-corrected chi connectivity index (χ2v) is 4.93. The molecule has 0 radical (unpaired) electrons. The maximum Gasteiger partial charge on any atom is 0.343 e. The van der Waals surface area contributed by atoms with Crippen molar-refractivity contribution in [3.8, 4) is 0 Å². The second kappa shape index (κ2) is 9.53. The monoisotopic (exact) mass is 314 g/mol. The summed E-state index contributed by atoms with van der Waals surface area (Å²) < 4.78 is 0. The summed E-state index contributed by atoms with van der Waals surface area (Å²) in [5.41, 5.74) is 2.53. The number of carbonyl (C=O) groups excluding carboxylic acids is 1. The van der Waals surface area contributed by atoms with Crippen LogP contribution in [0.4, 0.5) is 4.79 Å². The number of hydrogen-bond donors (Lipinski definition) is 6. The summed E-state index contributed by atoms with van der Waals surface area (Å²) >= 11 is 0.